The topological polar surface area (TPSA) is 74.3 Å². The van der Waals surface area contributed by atoms with Crippen LogP contribution in [-0.2, 0) is 15.8 Å². The first-order chi connectivity index (χ1) is 13.3. The number of amides is 2. The molecule has 0 bridgehead atoms. The van der Waals surface area contributed by atoms with E-state index >= 15 is 0 Å². The van der Waals surface area contributed by atoms with Crippen LogP contribution in [0.2, 0.25) is 5.02 Å². The molecule has 2 aliphatic rings. The summed E-state index contributed by atoms with van der Waals surface area (Å²) in [4.78, 5) is 30.1. The molecule has 2 N–H and O–H groups in total. The van der Waals surface area contributed by atoms with Gasteiger partial charge in [-0.2, -0.15) is 13.2 Å². The fourth-order valence-corrected chi connectivity index (χ4v) is 3.82. The van der Waals surface area contributed by atoms with E-state index in [1.807, 2.05) is 0 Å². The number of hydrogen-bond donors (Lipinski definition) is 2. The van der Waals surface area contributed by atoms with Gasteiger partial charge >= 0.3 is 6.18 Å². The van der Waals surface area contributed by atoms with Crippen LogP contribution in [0.1, 0.15) is 37.7 Å². The molecule has 3 heterocycles. The van der Waals surface area contributed by atoms with Crippen molar-refractivity contribution in [3.8, 4) is 0 Å². The van der Waals surface area contributed by atoms with Crippen LogP contribution in [0, 0.1) is 5.92 Å². The third-order valence-corrected chi connectivity index (χ3v) is 5.44. The van der Waals surface area contributed by atoms with Crippen LogP contribution < -0.4 is 15.5 Å². The number of hydrogen-bond acceptors (Lipinski definition) is 4. The maximum atomic E-state index is 12.7. The van der Waals surface area contributed by atoms with E-state index in [2.05, 4.69) is 15.6 Å². The maximum absolute atomic E-state index is 12.7. The van der Waals surface area contributed by atoms with E-state index in [0.29, 0.717) is 38.9 Å². The summed E-state index contributed by atoms with van der Waals surface area (Å²) in [5, 5.41) is 5.56. The van der Waals surface area contributed by atoms with Crippen molar-refractivity contribution in [2.45, 2.75) is 44.3 Å². The van der Waals surface area contributed by atoms with Gasteiger partial charge in [-0.25, -0.2) is 4.98 Å². The molecule has 0 spiro atoms. The molecule has 0 aliphatic carbocycles. The van der Waals surface area contributed by atoms with Gasteiger partial charge in [0.2, 0.25) is 11.8 Å². The van der Waals surface area contributed by atoms with Crippen molar-refractivity contribution in [3.63, 3.8) is 0 Å². The number of piperidine rings is 1. The average Bonchev–Trinajstić information content (AvgIpc) is 2.85. The molecule has 1 aromatic heterocycles. The standard InChI is InChI=1S/C18H22ClF3N4O2/c19-13-9-12(18(20,21)22)10-24-15(13)26-7-4-11(5-8-26)16(27)25-14-3-1-2-6-23-17(14)28/h9-11,14H,1-8H2,(H,23,28)(H,25,27). The first kappa shape index (κ1) is 20.7. The van der Waals surface area contributed by atoms with Crippen molar-refractivity contribution >= 4 is 29.2 Å². The van der Waals surface area contributed by atoms with Crippen molar-refractivity contribution in [2.24, 2.45) is 5.92 Å². The van der Waals surface area contributed by atoms with Gasteiger partial charge in [0.15, 0.2) is 0 Å². The smallest absolute Gasteiger partial charge is 0.355 e. The minimum Gasteiger partial charge on any atom is -0.355 e. The van der Waals surface area contributed by atoms with Gasteiger partial charge in [0.1, 0.15) is 11.9 Å². The number of alkyl halides is 3. The lowest BCUT2D eigenvalue weighted by molar-refractivity contribution is -0.137. The number of anilines is 1. The van der Waals surface area contributed by atoms with Gasteiger partial charge in [-0.05, 0) is 38.2 Å². The molecule has 2 saturated heterocycles. The maximum Gasteiger partial charge on any atom is 0.417 e. The molecule has 0 aromatic carbocycles. The SMILES string of the molecule is O=C(NC1CCCCNC1=O)C1CCN(c2ncc(C(F)(F)F)cc2Cl)CC1. The summed E-state index contributed by atoms with van der Waals surface area (Å²) in [5.41, 5.74) is -0.891. The Morgan fingerprint density at radius 3 is 2.61 bits per heavy atom. The van der Waals surface area contributed by atoms with E-state index in [4.69, 9.17) is 11.6 Å². The number of nitrogens with zero attached hydrogens (tertiary/aromatic N) is 2. The highest BCUT2D eigenvalue weighted by atomic mass is 35.5. The highest BCUT2D eigenvalue weighted by molar-refractivity contribution is 6.33. The Kier molecular flexibility index (Phi) is 6.32. The predicted octanol–water partition coefficient (Wildman–Crippen LogP) is 2.76. The fourth-order valence-electron chi connectivity index (χ4n) is 3.54. The normalized spacial score (nSPS) is 21.8. The van der Waals surface area contributed by atoms with Crippen LogP contribution in [0.4, 0.5) is 19.0 Å². The minimum absolute atomic E-state index is 0.0622. The molecule has 6 nitrogen and oxygen atoms in total. The molecule has 10 heteroatoms. The Hall–Kier alpha value is -2.03. The summed E-state index contributed by atoms with van der Waals surface area (Å²) >= 11 is 6.00. The number of aromatic nitrogens is 1. The second kappa shape index (κ2) is 8.55. The lowest BCUT2D eigenvalue weighted by atomic mass is 9.95. The number of pyridine rings is 1. The van der Waals surface area contributed by atoms with Gasteiger partial charge in [-0.1, -0.05) is 11.6 Å². The van der Waals surface area contributed by atoms with E-state index in [-0.39, 0.29) is 28.6 Å². The fraction of sp³-hybridized carbons (Fsp3) is 0.611. The van der Waals surface area contributed by atoms with Crippen molar-refractivity contribution in [1.82, 2.24) is 15.6 Å². The molecule has 2 aliphatic heterocycles. The molecule has 0 radical (unpaired) electrons. The number of carbonyl (C=O) groups excluding carboxylic acids is 2. The molecule has 1 aromatic rings. The number of halogens is 4. The highest BCUT2D eigenvalue weighted by Crippen LogP contribution is 2.34. The van der Waals surface area contributed by atoms with Crippen molar-refractivity contribution < 1.29 is 22.8 Å². The Labute approximate surface area is 165 Å². The van der Waals surface area contributed by atoms with E-state index < -0.39 is 17.8 Å². The van der Waals surface area contributed by atoms with E-state index in [1.54, 1.807) is 4.90 Å². The predicted molar refractivity (Wildman–Crippen MR) is 98.0 cm³/mol. The van der Waals surface area contributed by atoms with Crippen LogP contribution in [-0.4, -0.2) is 42.5 Å². The molecule has 154 valence electrons. The Balaban J connectivity index is 1.57. The zero-order valence-corrected chi connectivity index (χ0v) is 15.9. The van der Waals surface area contributed by atoms with E-state index in [1.165, 1.54) is 0 Å². The lowest BCUT2D eigenvalue weighted by Crippen LogP contribution is -2.49. The summed E-state index contributed by atoms with van der Waals surface area (Å²) in [6, 6.07) is 0.368. The Morgan fingerprint density at radius 1 is 1.25 bits per heavy atom. The van der Waals surface area contributed by atoms with Crippen LogP contribution in [0.25, 0.3) is 0 Å². The van der Waals surface area contributed by atoms with Gasteiger partial charge in [0, 0.05) is 31.7 Å². The van der Waals surface area contributed by atoms with Crippen molar-refractivity contribution in [1.29, 1.82) is 0 Å². The number of rotatable bonds is 3. The monoisotopic (exact) mass is 418 g/mol. The highest BCUT2D eigenvalue weighted by Gasteiger charge is 2.33. The molecule has 2 amide bonds. The summed E-state index contributed by atoms with van der Waals surface area (Å²) < 4.78 is 38.2. The summed E-state index contributed by atoms with van der Waals surface area (Å²) in [6.07, 6.45) is -0.299. The van der Waals surface area contributed by atoms with E-state index in [0.717, 1.165) is 25.1 Å². The third kappa shape index (κ3) is 4.87. The van der Waals surface area contributed by atoms with Gasteiger partial charge in [-0.3, -0.25) is 9.59 Å². The van der Waals surface area contributed by atoms with Crippen LogP contribution in [0.5, 0.6) is 0 Å². The number of carbonyl (C=O) groups is 2. The van der Waals surface area contributed by atoms with Crippen molar-refractivity contribution in [3.05, 3.63) is 22.8 Å². The molecule has 28 heavy (non-hydrogen) atoms. The molecule has 2 fully saturated rings. The van der Waals surface area contributed by atoms with Crippen LogP contribution in [0.3, 0.4) is 0 Å². The van der Waals surface area contributed by atoms with Gasteiger partial charge in [-0.15, -0.1) is 0 Å². The largest absolute Gasteiger partial charge is 0.417 e. The van der Waals surface area contributed by atoms with E-state index in [9.17, 15) is 22.8 Å². The summed E-state index contributed by atoms with van der Waals surface area (Å²) in [6.45, 7) is 1.53. The first-order valence-electron chi connectivity index (χ1n) is 9.31. The van der Waals surface area contributed by atoms with Gasteiger partial charge in [0.25, 0.3) is 0 Å². The minimum atomic E-state index is -4.50. The zero-order valence-electron chi connectivity index (χ0n) is 15.2. The van der Waals surface area contributed by atoms with Gasteiger partial charge in [0.05, 0.1) is 10.6 Å². The number of nitrogens with one attached hydrogen (secondary N) is 2. The summed E-state index contributed by atoms with van der Waals surface area (Å²) in [5.74, 6) is -0.269. The molecule has 0 saturated carbocycles. The van der Waals surface area contributed by atoms with Crippen LogP contribution in [0.15, 0.2) is 12.3 Å². The second-order valence-corrected chi connectivity index (χ2v) is 7.54. The Morgan fingerprint density at radius 2 is 1.96 bits per heavy atom. The average molecular weight is 419 g/mol. The van der Waals surface area contributed by atoms with Crippen molar-refractivity contribution in [2.75, 3.05) is 24.5 Å². The third-order valence-electron chi connectivity index (χ3n) is 5.17. The quantitative estimate of drug-likeness (QED) is 0.791. The van der Waals surface area contributed by atoms with Crippen LogP contribution >= 0.6 is 11.6 Å². The van der Waals surface area contributed by atoms with Gasteiger partial charge < -0.3 is 15.5 Å². The summed E-state index contributed by atoms with van der Waals surface area (Å²) in [7, 11) is 0. The molecular formula is C18H22ClF3N4O2. The Bertz CT molecular complexity index is 736. The zero-order chi connectivity index (χ0) is 20.3. The second-order valence-electron chi connectivity index (χ2n) is 7.14. The molecule has 1 unspecified atom stereocenters. The lowest BCUT2D eigenvalue weighted by Gasteiger charge is -2.33. The molecule has 3 rings (SSSR count). The molecular weight excluding hydrogens is 397 g/mol. The first-order valence-corrected chi connectivity index (χ1v) is 9.69. The molecule has 1 atom stereocenters.